The maximum Gasteiger partial charge on any atom is 0.0702 e. The highest BCUT2D eigenvalue weighted by atomic mass is 16.5. The van der Waals surface area contributed by atoms with Crippen molar-refractivity contribution in [2.75, 3.05) is 32.8 Å². The fraction of sp³-hybridized carbons (Fsp3) is 0.654. The Hall–Kier alpha value is -1.69. The number of aromatic nitrogens is 2. The Labute approximate surface area is 187 Å². The summed E-state index contributed by atoms with van der Waals surface area (Å²) in [5, 5.41) is 4.62. The molecule has 1 aromatic heterocycles. The summed E-state index contributed by atoms with van der Waals surface area (Å²) in [6, 6.07) is 11.3. The highest BCUT2D eigenvalue weighted by Crippen LogP contribution is 2.28. The van der Waals surface area contributed by atoms with Crippen LogP contribution in [0.15, 0.2) is 42.7 Å². The Morgan fingerprint density at radius 1 is 0.935 bits per heavy atom. The zero-order valence-corrected chi connectivity index (χ0v) is 18.9. The topological polar surface area (TPSA) is 33.5 Å². The highest BCUT2D eigenvalue weighted by molar-refractivity contribution is 5.30. The molecule has 1 aliphatic carbocycles. The normalized spacial score (nSPS) is 23.8. The van der Waals surface area contributed by atoms with Gasteiger partial charge in [0, 0.05) is 44.0 Å². The number of piperidine rings is 1. The van der Waals surface area contributed by atoms with Crippen molar-refractivity contribution in [2.45, 2.75) is 70.1 Å². The standard InChI is InChI=1S/C26H38N4O/c1-2-9-25(10-3-1)30-20-23(17-27-30)19-28(21-26-11-6-16-31-26)18-22-12-14-29(15-13-22)24-7-4-5-8-24/h1-3,9-10,17,20,22,24,26H,4-8,11-16,18-19,21H2/t26-/m0/s1. The lowest BCUT2D eigenvalue weighted by Crippen LogP contribution is -2.43. The molecule has 0 unspecified atom stereocenters. The number of rotatable bonds is 8. The van der Waals surface area contributed by atoms with Crippen LogP contribution < -0.4 is 0 Å². The minimum absolute atomic E-state index is 0.405. The van der Waals surface area contributed by atoms with Crippen molar-refractivity contribution in [3.63, 3.8) is 0 Å². The molecule has 168 valence electrons. The third-order valence-corrected chi connectivity index (χ3v) is 7.56. The van der Waals surface area contributed by atoms with Crippen LogP contribution in [0.5, 0.6) is 0 Å². The summed E-state index contributed by atoms with van der Waals surface area (Å²) in [5.41, 5.74) is 2.42. The molecule has 3 aliphatic rings. The molecule has 3 heterocycles. The second-order valence-electron chi connectivity index (χ2n) is 9.88. The molecule has 5 nitrogen and oxygen atoms in total. The number of para-hydroxylation sites is 1. The summed E-state index contributed by atoms with van der Waals surface area (Å²) in [6.07, 6.45) is 15.5. The van der Waals surface area contributed by atoms with E-state index in [1.165, 1.54) is 76.6 Å². The van der Waals surface area contributed by atoms with E-state index in [4.69, 9.17) is 4.74 Å². The van der Waals surface area contributed by atoms with E-state index in [9.17, 15) is 0 Å². The van der Waals surface area contributed by atoms with Gasteiger partial charge in [-0.25, -0.2) is 4.68 Å². The van der Waals surface area contributed by atoms with Crippen LogP contribution in [-0.4, -0.2) is 64.5 Å². The van der Waals surface area contributed by atoms with Crippen molar-refractivity contribution in [3.05, 3.63) is 48.3 Å². The van der Waals surface area contributed by atoms with Gasteiger partial charge in [-0.2, -0.15) is 5.10 Å². The van der Waals surface area contributed by atoms with Gasteiger partial charge in [0.15, 0.2) is 0 Å². The molecule has 0 N–H and O–H groups in total. The molecule has 0 spiro atoms. The lowest BCUT2D eigenvalue weighted by atomic mass is 9.94. The van der Waals surface area contributed by atoms with Gasteiger partial charge in [-0.15, -0.1) is 0 Å². The first-order chi connectivity index (χ1) is 15.3. The Morgan fingerprint density at radius 3 is 2.48 bits per heavy atom. The first-order valence-corrected chi connectivity index (χ1v) is 12.5. The first kappa shape index (κ1) is 21.2. The summed E-state index contributed by atoms with van der Waals surface area (Å²) in [4.78, 5) is 5.44. The second-order valence-corrected chi connectivity index (χ2v) is 9.88. The Morgan fingerprint density at radius 2 is 1.74 bits per heavy atom. The number of benzene rings is 1. The molecule has 2 aliphatic heterocycles. The summed E-state index contributed by atoms with van der Waals surface area (Å²) in [7, 11) is 0. The minimum Gasteiger partial charge on any atom is -0.377 e. The molecule has 1 aromatic carbocycles. The SMILES string of the molecule is c1ccc(-n2cc(CN(CC3CCN(C4CCCC4)CC3)C[C@@H]3CCCO3)cn2)cc1. The second kappa shape index (κ2) is 10.3. The molecule has 0 radical (unpaired) electrons. The minimum atomic E-state index is 0.405. The van der Waals surface area contributed by atoms with Gasteiger partial charge in [-0.3, -0.25) is 4.90 Å². The van der Waals surface area contributed by atoms with Gasteiger partial charge < -0.3 is 9.64 Å². The first-order valence-electron chi connectivity index (χ1n) is 12.5. The van der Waals surface area contributed by atoms with E-state index < -0.39 is 0 Å². The average Bonchev–Trinajstić information content (AvgIpc) is 3.58. The Balaban J connectivity index is 1.19. The molecular formula is C26H38N4O. The summed E-state index contributed by atoms with van der Waals surface area (Å²) >= 11 is 0. The van der Waals surface area contributed by atoms with E-state index in [0.29, 0.717) is 6.10 Å². The maximum absolute atomic E-state index is 6.00. The zero-order valence-electron chi connectivity index (χ0n) is 18.9. The van der Waals surface area contributed by atoms with Crippen molar-refractivity contribution >= 4 is 0 Å². The van der Waals surface area contributed by atoms with Gasteiger partial charge >= 0.3 is 0 Å². The van der Waals surface area contributed by atoms with Crippen LogP contribution in [0.4, 0.5) is 0 Å². The molecule has 5 rings (SSSR count). The molecule has 1 atom stereocenters. The van der Waals surface area contributed by atoms with Gasteiger partial charge in [0.1, 0.15) is 0 Å². The number of nitrogens with zero attached hydrogens (tertiary/aromatic N) is 4. The van der Waals surface area contributed by atoms with Crippen LogP contribution in [0.3, 0.4) is 0 Å². The average molecular weight is 423 g/mol. The molecule has 2 aromatic rings. The van der Waals surface area contributed by atoms with E-state index in [-0.39, 0.29) is 0 Å². The fourth-order valence-electron chi connectivity index (χ4n) is 5.84. The zero-order chi connectivity index (χ0) is 20.9. The molecule has 3 fully saturated rings. The third-order valence-electron chi connectivity index (χ3n) is 7.56. The van der Waals surface area contributed by atoms with Crippen LogP contribution >= 0.6 is 0 Å². The van der Waals surface area contributed by atoms with Crippen LogP contribution in [0.2, 0.25) is 0 Å². The molecule has 31 heavy (non-hydrogen) atoms. The smallest absolute Gasteiger partial charge is 0.0702 e. The van der Waals surface area contributed by atoms with Crippen molar-refractivity contribution in [1.82, 2.24) is 19.6 Å². The lowest BCUT2D eigenvalue weighted by molar-refractivity contribution is 0.0540. The quantitative estimate of drug-likeness (QED) is 0.627. The van der Waals surface area contributed by atoms with E-state index in [1.54, 1.807) is 0 Å². The van der Waals surface area contributed by atoms with E-state index in [1.807, 2.05) is 10.9 Å². The van der Waals surface area contributed by atoms with Crippen LogP contribution in [-0.2, 0) is 11.3 Å². The summed E-state index contributed by atoms with van der Waals surface area (Å²) in [6.45, 7) is 6.75. The third kappa shape index (κ3) is 5.57. The molecule has 5 heteroatoms. The Bertz CT molecular complexity index is 787. The Kier molecular flexibility index (Phi) is 7.02. The molecule has 1 saturated carbocycles. The molecule has 0 bridgehead atoms. The molecular weight excluding hydrogens is 384 g/mol. The van der Waals surface area contributed by atoms with Gasteiger partial charge in [-0.1, -0.05) is 31.0 Å². The fourth-order valence-corrected chi connectivity index (χ4v) is 5.84. The van der Waals surface area contributed by atoms with Crippen molar-refractivity contribution in [2.24, 2.45) is 5.92 Å². The molecule has 0 amide bonds. The van der Waals surface area contributed by atoms with Crippen LogP contribution in [0.1, 0.15) is 56.9 Å². The van der Waals surface area contributed by atoms with Crippen LogP contribution in [0, 0.1) is 5.92 Å². The number of hydrogen-bond acceptors (Lipinski definition) is 4. The van der Waals surface area contributed by atoms with Crippen molar-refractivity contribution in [1.29, 1.82) is 0 Å². The predicted molar refractivity (Wildman–Crippen MR) is 124 cm³/mol. The van der Waals surface area contributed by atoms with E-state index >= 15 is 0 Å². The highest BCUT2D eigenvalue weighted by Gasteiger charge is 2.29. The molecule has 2 saturated heterocycles. The lowest BCUT2D eigenvalue weighted by Gasteiger charge is -2.38. The monoisotopic (exact) mass is 422 g/mol. The van der Waals surface area contributed by atoms with Crippen molar-refractivity contribution in [3.8, 4) is 5.69 Å². The number of hydrogen-bond donors (Lipinski definition) is 0. The maximum atomic E-state index is 6.00. The van der Waals surface area contributed by atoms with E-state index in [0.717, 1.165) is 37.3 Å². The number of likely N-dealkylation sites (tertiary alicyclic amines) is 1. The summed E-state index contributed by atoms with van der Waals surface area (Å²) in [5.74, 6) is 0.809. The van der Waals surface area contributed by atoms with Gasteiger partial charge in [0.2, 0.25) is 0 Å². The number of ether oxygens (including phenoxy) is 1. The largest absolute Gasteiger partial charge is 0.377 e. The van der Waals surface area contributed by atoms with Crippen molar-refractivity contribution < 1.29 is 4.74 Å². The van der Waals surface area contributed by atoms with Gasteiger partial charge in [0.05, 0.1) is 18.0 Å². The van der Waals surface area contributed by atoms with Gasteiger partial charge in [-0.05, 0) is 69.7 Å². The van der Waals surface area contributed by atoms with Crippen LogP contribution in [0.25, 0.3) is 5.69 Å². The van der Waals surface area contributed by atoms with Gasteiger partial charge in [0.25, 0.3) is 0 Å². The van der Waals surface area contributed by atoms with E-state index in [2.05, 4.69) is 51.4 Å². The summed E-state index contributed by atoms with van der Waals surface area (Å²) < 4.78 is 8.00. The predicted octanol–water partition coefficient (Wildman–Crippen LogP) is 4.51.